The third-order valence-electron chi connectivity index (χ3n) is 3.83. The summed E-state index contributed by atoms with van der Waals surface area (Å²) < 4.78 is 1.11. The molecule has 0 saturated carbocycles. The number of hydrogen-bond donors (Lipinski definition) is 0. The van der Waals surface area contributed by atoms with E-state index >= 15 is 0 Å². The van der Waals surface area contributed by atoms with E-state index in [1.54, 1.807) is 0 Å². The maximum atomic E-state index is 6.18. The molecule has 0 fully saturated rings. The Morgan fingerprint density at radius 3 is 2.00 bits per heavy atom. The van der Waals surface area contributed by atoms with E-state index in [-0.39, 0.29) is 5.41 Å². The van der Waals surface area contributed by atoms with Crippen LogP contribution in [0.2, 0.25) is 0 Å². The summed E-state index contributed by atoms with van der Waals surface area (Å²) in [5, 5.41) is 0. The Kier molecular flexibility index (Phi) is 5.51. The van der Waals surface area contributed by atoms with Crippen molar-refractivity contribution >= 4 is 27.5 Å². The van der Waals surface area contributed by atoms with Crippen LogP contribution in [0.3, 0.4) is 0 Å². The van der Waals surface area contributed by atoms with E-state index in [0.717, 1.165) is 10.9 Å². The lowest BCUT2D eigenvalue weighted by atomic mass is 9.85. The van der Waals surface area contributed by atoms with Gasteiger partial charge in [0.05, 0.1) is 0 Å². The second-order valence-electron chi connectivity index (χ2n) is 6.55. The second-order valence-corrected chi connectivity index (χ2v) is 7.78. The standard InChI is InChI=1S/C19H22BrCl/c1-19(2,3)17-8-4-14(5-9-17)12-16(13-21)15-6-10-18(20)11-7-15/h4-11,16H,12-13H2,1-3H3. The van der Waals surface area contributed by atoms with Crippen molar-refractivity contribution in [2.24, 2.45) is 0 Å². The van der Waals surface area contributed by atoms with Gasteiger partial charge in [-0.15, -0.1) is 11.6 Å². The number of hydrogen-bond acceptors (Lipinski definition) is 0. The molecule has 2 rings (SSSR count). The van der Waals surface area contributed by atoms with Gasteiger partial charge in [0.2, 0.25) is 0 Å². The molecule has 0 aliphatic rings. The largest absolute Gasteiger partial charge is 0.126 e. The first kappa shape index (κ1) is 16.6. The van der Waals surface area contributed by atoms with Gasteiger partial charge in [-0.3, -0.25) is 0 Å². The minimum Gasteiger partial charge on any atom is -0.126 e. The van der Waals surface area contributed by atoms with Crippen LogP contribution in [0, 0.1) is 0 Å². The first-order valence-corrected chi connectivity index (χ1v) is 8.64. The van der Waals surface area contributed by atoms with Gasteiger partial charge in [0.25, 0.3) is 0 Å². The number of alkyl halides is 1. The van der Waals surface area contributed by atoms with Gasteiger partial charge >= 0.3 is 0 Å². The molecule has 0 bridgehead atoms. The smallest absolute Gasteiger partial charge is 0.0295 e. The zero-order valence-electron chi connectivity index (χ0n) is 12.9. The molecule has 0 aliphatic heterocycles. The molecule has 112 valence electrons. The average Bonchev–Trinajstić information content (AvgIpc) is 2.45. The van der Waals surface area contributed by atoms with Gasteiger partial charge in [0, 0.05) is 16.3 Å². The molecule has 21 heavy (non-hydrogen) atoms. The molecule has 0 nitrogen and oxygen atoms in total. The zero-order valence-corrected chi connectivity index (χ0v) is 15.2. The minimum atomic E-state index is 0.204. The monoisotopic (exact) mass is 364 g/mol. The van der Waals surface area contributed by atoms with Crippen molar-refractivity contribution < 1.29 is 0 Å². The Morgan fingerprint density at radius 2 is 1.52 bits per heavy atom. The molecule has 1 atom stereocenters. The molecule has 0 saturated heterocycles. The van der Waals surface area contributed by atoms with Crippen LogP contribution in [0.4, 0.5) is 0 Å². The first-order valence-electron chi connectivity index (χ1n) is 7.31. The van der Waals surface area contributed by atoms with Gasteiger partial charge in [-0.05, 0) is 40.7 Å². The highest BCUT2D eigenvalue weighted by Gasteiger charge is 2.15. The van der Waals surface area contributed by atoms with Gasteiger partial charge in [0.15, 0.2) is 0 Å². The molecule has 2 aromatic carbocycles. The molecular formula is C19H22BrCl. The van der Waals surface area contributed by atoms with Gasteiger partial charge < -0.3 is 0 Å². The van der Waals surface area contributed by atoms with Crippen molar-refractivity contribution in [1.82, 2.24) is 0 Å². The van der Waals surface area contributed by atoms with Crippen LogP contribution in [-0.4, -0.2) is 5.88 Å². The first-order chi connectivity index (χ1) is 9.90. The molecule has 2 aromatic rings. The summed E-state index contributed by atoms with van der Waals surface area (Å²) in [6, 6.07) is 17.4. The molecule has 0 aromatic heterocycles. The third kappa shape index (κ3) is 4.59. The average molecular weight is 366 g/mol. The van der Waals surface area contributed by atoms with Crippen LogP contribution in [0.1, 0.15) is 43.4 Å². The van der Waals surface area contributed by atoms with E-state index in [4.69, 9.17) is 11.6 Å². The predicted octanol–water partition coefficient (Wildman–Crippen LogP) is 6.31. The van der Waals surface area contributed by atoms with Crippen LogP contribution in [0.25, 0.3) is 0 Å². The predicted molar refractivity (Wildman–Crippen MR) is 96.4 cm³/mol. The van der Waals surface area contributed by atoms with Gasteiger partial charge in [-0.1, -0.05) is 73.1 Å². The molecule has 0 spiro atoms. The normalized spacial score (nSPS) is 13.2. The molecule has 0 radical (unpaired) electrons. The fraction of sp³-hybridized carbons (Fsp3) is 0.368. The summed E-state index contributed by atoms with van der Waals surface area (Å²) in [5.74, 6) is 1.00. The molecule has 1 unspecified atom stereocenters. The molecule has 0 amide bonds. The van der Waals surface area contributed by atoms with E-state index in [1.165, 1.54) is 16.7 Å². The van der Waals surface area contributed by atoms with Gasteiger partial charge in [0.1, 0.15) is 0 Å². The molecule has 0 heterocycles. The van der Waals surface area contributed by atoms with Crippen LogP contribution < -0.4 is 0 Å². The highest BCUT2D eigenvalue weighted by Crippen LogP contribution is 2.26. The van der Waals surface area contributed by atoms with E-state index in [2.05, 4.69) is 85.2 Å². The summed E-state index contributed by atoms with van der Waals surface area (Å²) in [6.45, 7) is 6.72. The van der Waals surface area contributed by atoms with E-state index < -0.39 is 0 Å². The van der Waals surface area contributed by atoms with Gasteiger partial charge in [-0.25, -0.2) is 0 Å². The maximum Gasteiger partial charge on any atom is 0.0295 e. The lowest BCUT2D eigenvalue weighted by Gasteiger charge is -2.20. The Bertz CT molecular complexity index is 564. The van der Waals surface area contributed by atoms with Crippen molar-refractivity contribution in [3.8, 4) is 0 Å². The molecular weight excluding hydrogens is 344 g/mol. The Hall–Kier alpha value is -0.790. The molecule has 2 heteroatoms. The summed E-state index contributed by atoms with van der Waals surface area (Å²) in [5.41, 5.74) is 4.22. The number of halogens is 2. The molecule has 0 N–H and O–H groups in total. The van der Waals surface area contributed by atoms with Crippen LogP contribution in [0.5, 0.6) is 0 Å². The van der Waals surface area contributed by atoms with Crippen molar-refractivity contribution in [2.45, 2.75) is 38.5 Å². The van der Waals surface area contributed by atoms with Crippen LogP contribution >= 0.6 is 27.5 Å². The van der Waals surface area contributed by atoms with Crippen LogP contribution in [0.15, 0.2) is 53.0 Å². The third-order valence-corrected chi connectivity index (χ3v) is 4.73. The lowest BCUT2D eigenvalue weighted by molar-refractivity contribution is 0.589. The number of rotatable bonds is 4. The lowest BCUT2D eigenvalue weighted by Crippen LogP contribution is -2.11. The summed E-state index contributed by atoms with van der Waals surface area (Å²) in [7, 11) is 0. The summed E-state index contributed by atoms with van der Waals surface area (Å²) >= 11 is 9.66. The highest BCUT2D eigenvalue weighted by molar-refractivity contribution is 9.10. The zero-order chi connectivity index (χ0) is 15.5. The Morgan fingerprint density at radius 1 is 0.952 bits per heavy atom. The van der Waals surface area contributed by atoms with Crippen molar-refractivity contribution in [3.05, 3.63) is 69.7 Å². The SMILES string of the molecule is CC(C)(C)c1ccc(CC(CCl)c2ccc(Br)cc2)cc1. The second kappa shape index (κ2) is 6.98. The van der Waals surface area contributed by atoms with E-state index in [9.17, 15) is 0 Å². The molecule has 0 aliphatic carbocycles. The Labute approximate surface area is 141 Å². The quantitative estimate of drug-likeness (QED) is 0.557. The fourth-order valence-corrected chi connectivity index (χ4v) is 2.97. The van der Waals surface area contributed by atoms with Gasteiger partial charge in [-0.2, -0.15) is 0 Å². The summed E-state index contributed by atoms with van der Waals surface area (Å²) in [6.07, 6.45) is 0.982. The van der Waals surface area contributed by atoms with E-state index in [0.29, 0.717) is 11.8 Å². The fourth-order valence-electron chi connectivity index (χ4n) is 2.42. The maximum absolute atomic E-state index is 6.18. The van der Waals surface area contributed by atoms with Crippen molar-refractivity contribution in [3.63, 3.8) is 0 Å². The highest BCUT2D eigenvalue weighted by atomic mass is 79.9. The topological polar surface area (TPSA) is 0 Å². The summed E-state index contributed by atoms with van der Waals surface area (Å²) in [4.78, 5) is 0. The van der Waals surface area contributed by atoms with Crippen molar-refractivity contribution in [2.75, 3.05) is 5.88 Å². The number of benzene rings is 2. The minimum absolute atomic E-state index is 0.204. The van der Waals surface area contributed by atoms with Crippen molar-refractivity contribution in [1.29, 1.82) is 0 Å². The van der Waals surface area contributed by atoms with Crippen LogP contribution in [-0.2, 0) is 11.8 Å². The Balaban J connectivity index is 2.13. The van der Waals surface area contributed by atoms with E-state index in [1.807, 2.05) is 0 Å².